The third kappa shape index (κ3) is 2.59. The van der Waals surface area contributed by atoms with E-state index in [0.29, 0.717) is 23.8 Å². The van der Waals surface area contributed by atoms with Crippen LogP contribution in [0.25, 0.3) is 11.2 Å². The number of fused-ring (bicyclic) bond motifs is 1. The molecule has 2 aromatic heterocycles. The molecule has 7 heteroatoms. The zero-order valence-corrected chi connectivity index (χ0v) is 11.6. The lowest BCUT2D eigenvalue weighted by atomic mass is 10.4. The molecule has 0 aromatic carbocycles. The van der Waals surface area contributed by atoms with E-state index in [1.54, 1.807) is 4.57 Å². The summed E-state index contributed by atoms with van der Waals surface area (Å²) in [5, 5.41) is 0. The zero-order chi connectivity index (χ0) is 14.5. The Morgan fingerprint density at radius 3 is 2.80 bits per heavy atom. The van der Waals surface area contributed by atoms with E-state index < -0.39 is 0 Å². The molecule has 0 atom stereocenters. The van der Waals surface area contributed by atoms with Crippen LogP contribution in [0.5, 0.6) is 12.0 Å². The average Bonchev–Trinajstić information content (AvgIpc) is 2.79. The summed E-state index contributed by atoms with van der Waals surface area (Å²) in [6.07, 6.45) is 7.30. The second-order valence-electron chi connectivity index (χ2n) is 4.15. The monoisotopic (exact) mass is 275 g/mol. The number of imidazole rings is 1. The number of nitrogens with two attached hydrogens (primary N) is 1. The van der Waals surface area contributed by atoms with Gasteiger partial charge in [-0.25, -0.2) is 0 Å². The highest BCUT2D eigenvalue weighted by atomic mass is 16.5. The van der Waals surface area contributed by atoms with Gasteiger partial charge in [-0.1, -0.05) is 19.3 Å². The number of nitrogen functional groups attached to an aromatic ring is 1. The molecule has 0 bridgehead atoms. The molecule has 20 heavy (non-hydrogen) atoms. The van der Waals surface area contributed by atoms with Gasteiger partial charge >= 0.3 is 6.01 Å². The van der Waals surface area contributed by atoms with Gasteiger partial charge in [-0.2, -0.15) is 15.0 Å². The smallest absolute Gasteiger partial charge is 0.320 e. The number of aromatic nitrogens is 4. The van der Waals surface area contributed by atoms with E-state index in [-0.39, 0.29) is 18.4 Å². The number of hydrogen-bond acceptors (Lipinski definition) is 6. The Balaban J connectivity index is 2.45. The lowest BCUT2D eigenvalue weighted by Crippen LogP contribution is -2.05. The Morgan fingerprint density at radius 2 is 2.15 bits per heavy atom. The van der Waals surface area contributed by atoms with Gasteiger partial charge < -0.3 is 15.2 Å². The molecule has 0 amide bonds. The van der Waals surface area contributed by atoms with Gasteiger partial charge in [0.15, 0.2) is 17.0 Å². The second-order valence-corrected chi connectivity index (χ2v) is 4.15. The minimum atomic E-state index is 0.226. The quantitative estimate of drug-likeness (QED) is 0.630. The molecule has 2 rings (SSSR count). The van der Waals surface area contributed by atoms with Crippen molar-refractivity contribution >= 4 is 17.0 Å². The summed E-state index contributed by atoms with van der Waals surface area (Å²) < 4.78 is 12.3. The summed E-state index contributed by atoms with van der Waals surface area (Å²) in [6, 6.07) is 0.578. The van der Waals surface area contributed by atoms with Crippen LogP contribution < -0.4 is 15.2 Å². The van der Waals surface area contributed by atoms with Gasteiger partial charge in [-0.15, -0.1) is 6.42 Å². The standard InChI is InChI=1S/C13H17N5O2/c1-4-6-8-20-12-16-10(14)9-11(17-12)18(7-5-2)13(15-9)19-3/h2H,4,6-8H2,1,3H3,(H2,14,16,17). The number of nitrogens with zero attached hydrogens (tertiary/aromatic N) is 4. The maximum absolute atomic E-state index is 5.88. The van der Waals surface area contributed by atoms with Gasteiger partial charge in [-0.3, -0.25) is 4.57 Å². The van der Waals surface area contributed by atoms with Gasteiger partial charge in [0.05, 0.1) is 20.3 Å². The van der Waals surface area contributed by atoms with Crippen LogP contribution in [0.15, 0.2) is 0 Å². The molecule has 0 unspecified atom stereocenters. The number of ether oxygens (including phenoxy) is 2. The fraction of sp³-hybridized carbons (Fsp3) is 0.462. The van der Waals surface area contributed by atoms with E-state index in [9.17, 15) is 0 Å². The van der Waals surface area contributed by atoms with Gasteiger partial charge in [0, 0.05) is 0 Å². The van der Waals surface area contributed by atoms with E-state index in [1.807, 2.05) is 0 Å². The molecule has 7 nitrogen and oxygen atoms in total. The van der Waals surface area contributed by atoms with Crippen molar-refractivity contribution < 1.29 is 9.47 Å². The molecule has 0 radical (unpaired) electrons. The van der Waals surface area contributed by atoms with Crippen molar-refractivity contribution in [2.24, 2.45) is 0 Å². The first-order valence-corrected chi connectivity index (χ1v) is 6.35. The molecule has 0 aliphatic rings. The molecule has 0 saturated heterocycles. The first-order valence-electron chi connectivity index (χ1n) is 6.35. The van der Waals surface area contributed by atoms with Crippen LogP contribution in [0.1, 0.15) is 19.8 Å². The second kappa shape index (κ2) is 6.10. The normalized spacial score (nSPS) is 10.4. The summed E-state index contributed by atoms with van der Waals surface area (Å²) in [5.74, 6) is 2.78. The van der Waals surface area contributed by atoms with Crippen molar-refractivity contribution in [1.29, 1.82) is 0 Å². The van der Waals surface area contributed by atoms with Crippen molar-refractivity contribution in [3.63, 3.8) is 0 Å². The maximum atomic E-state index is 5.88. The maximum Gasteiger partial charge on any atom is 0.320 e. The van der Waals surface area contributed by atoms with E-state index >= 15 is 0 Å². The molecular weight excluding hydrogens is 258 g/mol. The first-order chi connectivity index (χ1) is 9.71. The number of unbranched alkanes of at least 4 members (excludes halogenated alkanes) is 1. The molecule has 0 aliphatic heterocycles. The molecule has 106 valence electrons. The lowest BCUT2D eigenvalue weighted by Gasteiger charge is -2.05. The molecular formula is C13H17N5O2. The van der Waals surface area contributed by atoms with Gasteiger partial charge in [-0.05, 0) is 6.42 Å². The van der Waals surface area contributed by atoms with E-state index in [0.717, 1.165) is 12.8 Å². The molecule has 0 fully saturated rings. The molecule has 2 N–H and O–H groups in total. The van der Waals surface area contributed by atoms with Gasteiger partial charge in [0.25, 0.3) is 6.01 Å². The number of terminal acetylenes is 1. The Hall–Kier alpha value is -2.49. The van der Waals surface area contributed by atoms with Crippen LogP contribution >= 0.6 is 0 Å². The Kier molecular flexibility index (Phi) is 4.25. The average molecular weight is 275 g/mol. The predicted molar refractivity (Wildman–Crippen MR) is 75.5 cm³/mol. The number of methoxy groups -OCH3 is 1. The van der Waals surface area contributed by atoms with Crippen LogP contribution in [-0.4, -0.2) is 33.2 Å². The highest BCUT2D eigenvalue weighted by Gasteiger charge is 2.17. The summed E-state index contributed by atoms with van der Waals surface area (Å²) in [4.78, 5) is 12.6. The fourth-order valence-corrected chi connectivity index (χ4v) is 1.74. The van der Waals surface area contributed by atoms with Crippen molar-refractivity contribution in [3.8, 4) is 24.4 Å². The summed E-state index contributed by atoms with van der Waals surface area (Å²) in [7, 11) is 1.51. The van der Waals surface area contributed by atoms with Crippen molar-refractivity contribution in [1.82, 2.24) is 19.5 Å². The lowest BCUT2D eigenvalue weighted by molar-refractivity contribution is 0.286. The summed E-state index contributed by atoms with van der Waals surface area (Å²) >= 11 is 0. The molecule has 0 aliphatic carbocycles. The summed E-state index contributed by atoms with van der Waals surface area (Å²) in [5.41, 5.74) is 6.85. The number of rotatable bonds is 6. The summed E-state index contributed by atoms with van der Waals surface area (Å²) in [6.45, 7) is 2.90. The zero-order valence-electron chi connectivity index (χ0n) is 11.6. The topological polar surface area (TPSA) is 88.1 Å². The van der Waals surface area contributed by atoms with Crippen LogP contribution in [0.3, 0.4) is 0 Å². The Morgan fingerprint density at radius 1 is 1.35 bits per heavy atom. The first kappa shape index (κ1) is 13.9. The molecule has 2 heterocycles. The van der Waals surface area contributed by atoms with Crippen molar-refractivity contribution in [2.75, 3.05) is 19.5 Å². The van der Waals surface area contributed by atoms with Crippen LogP contribution in [-0.2, 0) is 6.54 Å². The minimum absolute atomic E-state index is 0.226. The highest BCUT2D eigenvalue weighted by Crippen LogP contribution is 2.25. The van der Waals surface area contributed by atoms with Crippen LogP contribution in [0.4, 0.5) is 5.82 Å². The number of anilines is 1. The van der Waals surface area contributed by atoms with Crippen LogP contribution in [0, 0.1) is 12.3 Å². The SMILES string of the molecule is C#CCn1c(OC)nc2c(N)nc(OCCCC)nc21. The van der Waals surface area contributed by atoms with Crippen molar-refractivity contribution in [3.05, 3.63) is 0 Å². The third-order valence-corrected chi connectivity index (χ3v) is 2.73. The van der Waals surface area contributed by atoms with E-state index in [2.05, 4.69) is 27.8 Å². The highest BCUT2D eigenvalue weighted by molar-refractivity contribution is 5.83. The van der Waals surface area contributed by atoms with E-state index in [4.69, 9.17) is 21.6 Å². The van der Waals surface area contributed by atoms with Crippen LogP contribution in [0.2, 0.25) is 0 Å². The largest absolute Gasteiger partial charge is 0.468 e. The van der Waals surface area contributed by atoms with Gasteiger partial charge in [0.1, 0.15) is 0 Å². The third-order valence-electron chi connectivity index (χ3n) is 2.73. The Bertz CT molecular complexity index is 644. The fourth-order valence-electron chi connectivity index (χ4n) is 1.74. The molecule has 2 aromatic rings. The molecule has 0 spiro atoms. The number of hydrogen-bond donors (Lipinski definition) is 1. The van der Waals surface area contributed by atoms with Crippen molar-refractivity contribution in [2.45, 2.75) is 26.3 Å². The predicted octanol–water partition coefficient (Wildman–Crippen LogP) is 1.23. The minimum Gasteiger partial charge on any atom is -0.468 e. The van der Waals surface area contributed by atoms with Gasteiger partial charge in [0.2, 0.25) is 0 Å². The Labute approximate surface area is 117 Å². The molecule has 0 saturated carbocycles. The van der Waals surface area contributed by atoms with E-state index in [1.165, 1.54) is 7.11 Å².